The van der Waals surface area contributed by atoms with E-state index < -0.39 is 6.09 Å². The average Bonchev–Trinajstić information content (AvgIpc) is 3.06. The Balaban J connectivity index is 2.29. The van der Waals surface area contributed by atoms with Crippen molar-refractivity contribution in [1.29, 1.82) is 0 Å². The summed E-state index contributed by atoms with van der Waals surface area (Å²) < 4.78 is 6.03. The summed E-state index contributed by atoms with van der Waals surface area (Å²) in [6.07, 6.45) is 5.48. The lowest BCUT2D eigenvalue weighted by atomic mass is 10.0. The van der Waals surface area contributed by atoms with Crippen LogP contribution in [-0.4, -0.2) is 33.8 Å². The number of nitrogens with two attached hydrogens (primary N) is 1. The van der Waals surface area contributed by atoms with Crippen molar-refractivity contribution in [3.8, 4) is 34.9 Å². The molecule has 0 unspecified atom stereocenters. The summed E-state index contributed by atoms with van der Waals surface area (Å²) in [5.74, 6) is 2.44. The molecule has 0 bridgehead atoms. The van der Waals surface area contributed by atoms with Crippen molar-refractivity contribution >= 4 is 29.9 Å². The molecule has 2 N–H and O–H groups in total. The van der Waals surface area contributed by atoms with Gasteiger partial charge < -0.3 is 10.5 Å². The number of carbonyl (C=O) groups is 1. The molecule has 0 fully saturated rings. The van der Waals surface area contributed by atoms with Crippen LogP contribution in [-0.2, 0) is 4.74 Å². The first-order chi connectivity index (χ1) is 13.5. The standard InChI is InChI=1S/C20H16ClN5O2/c1-3-11-28-20(27)26-19(23-12-22)17(14-7-9-15(21)10-8-14)18(25-26)16-6-4-5-13(2)24-16/h1,4-10,12H,11H2,2H3,(H2,22,23). The van der Waals surface area contributed by atoms with Gasteiger partial charge >= 0.3 is 6.09 Å². The number of rotatable bonds is 4. The number of nitrogens with zero attached hydrogens (tertiary/aromatic N) is 4. The third kappa shape index (κ3) is 3.87. The van der Waals surface area contributed by atoms with Crippen LogP contribution in [0.2, 0.25) is 5.02 Å². The molecule has 0 spiro atoms. The van der Waals surface area contributed by atoms with Crippen LogP contribution in [0.4, 0.5) is 10.6 Å². The zero-order valence-electron chi connectivity index (χ0n) is 15.0. The van der Waals surface area contributed by atoms with Gasteiger partial charge in [0.25, 0.3) is 0 Å². The molecule has 0 saturated carbocycles. The predicted molar refractivity (Wildman–Crippen MR) is 109 cm³/mol. The van der Waals surface area contributed by atoms with E-state index in [4.69, 9.17) is 28.5 Å². The zero-order chi connectivity index (χ0) is 20.1. The Morgan fingerprint density at radius 1 is 1.36 bits per heavy atom. The first-order valence-corrected chi connectivity index (χ1v) is 8.60. The summed E-state index contributed by atoms with van der Waals surface area (Å²) in [5.41, 5.74) is 8.64. The molecule has 8 heteroatoms. The van der Waals surface area contributed by atoms with E-state index in [-0.39, 0.29) is 12.4 Å². The number of aliphatic imine (C=N–C) groups is 1. The SMILES string of the molecule is C#CCOC(=O)n1nc(-c2cccc(C)n2)c(-c2ccc(Cl)cc2)c1/N=C\N. The van der Waals surface area contributed by atoms with Gasteiger partial charge in [-0.25, -0.2) is 9.79 Å². The fourth-order valence-corrected chi connectivity index (χ4v) is 2.75. The third-order valence-electron chi connectivity index (χ3n) is 3.77. The summed E-state index contributed by atoms with van der Waals surface area (Å²) >= 11 is 6.01. The van der Waals surface area contributed by atoms with Crippen molar-refractivity contribution in [1.82, 2.24) is 14.8 Å². The Kier molecular flexibility index (Phi) is 5.72. The highest BCUT2D eigenvalue weighted by Gasteiger charge is 2.25. The minimum Gasteiger partial charge on any atom is -0.435 e. The fourth-order valence-electron chi connectivity index (χ4n) is 2.63. The maximum Gasteiger partial charge on any atom is 0.437 e. The lowest BCUT2D eigenvalue weighted by Gasteiger charge is -2.05. The van der Waals surface area contributed by atoms with Gasteiger partial charge in [0.05, 0.1) is 17.6 Å². The second-order valence-electron chi connectivity index (χ2n) is 5.67. The van der Waals surface area contributed by atoms with Crippen LogP contribution in [0, 0.1) is 19.3 Å². The Morgan fingerprint density at radius 3 is 2.75 bits per heavy atom. The summed E-state index contributed by atoms with van der Waals surface area (Å²) in [4.78, 5) is 21.1. The molecule has 3 aromatic rings. The molecule has 0 radical (unpaired) electrons. The van der Waals surface area contributed by atoms with E-state index in [0.29, 0.717) is 22.0 Å². The summed E-state index contributed by atoms with van der Waals surface area (Å²) in [6, 6.07) is 12.6. The molecule has 0 amide bonds. The number of terminal acetylenes is 1. The number of pyridine rings is 1. The Bertz CT molecular complexity index is 1080. The monoisotopic (exact) mass is 393 g/mol. The van der Waals surface area contributed by atoms with E-state index in [2.05, 4.69) is 21.0 Å². The number of carbonyl (C=O) groups excluding carboxylic acids is 1. The topological polar surface area (TPSA) is 95.4 Å². The molecule has 2 aromatic heterocycles. The summed E-state index contributed by atoms with van der Waals surface area (Å²) in [6.45, 7) is 1.67. The normalized spacial score (nSPS) is 10.8. The van der Waals surface area contributed by atoms with Gasteiger partial charge in [-0.2, -0.15) is 5.10 Å². The van der Waals surface area contributed by atoms with E-state index in [1.54, 1.807) is 30.3 Å². The predicted octanol–water partition coefficient (Wildman–Crippen LogP) is 3.81. The maximum absolute atomic E-state index is 12.5. The van der Waals surface area contributed by atoms with Crippen LogP contribution in [0.15, 0.2) is 47.5 Å². The van der Waals surface area contributed by atoms with Crippen LogP contribution in [0.5, 0.6) is 0 Å². The van der Waals surface area contributed by atoms with E-state index in [0.717, 1.165) is 22.3 Å². The lowest BCUT2D eigenvalue weighted by Crippen LogP contribution is -2.15. The zero-order valence-corrected chi connectivity index (χ0v) is 15.7. The molecule has 0 atom stereocenters. The second kappa shape index (κ2) is 8.37. The van der Waals surface area contributed by atoms with E-state index in [1.165, 1.54) is 0 Å². The Morgan fingerprint density at radius 2 is 2.11 bits per heavy atom. The highest BCUT2D eigenvalue weighted by Crippen LogP contribution is 2.39. The molecule has 28 heavy (non-hydrogen) atoms. The number of benzene rings is 1. The summed E-state index contributed by atoms with van der Waals surface area (Å²) in [7, 11) is 0. The highest BCUT2D eigenvalue weighted by molar-refractivity contribution is 6.30. The Hall–Kier alpha value is -3.63. The molecule has 0 aliphatic carbocycles. The van der Waals surface area contributed by atoms with Crippen LogP contribution in [0.1, 0.15) is 5.69 Å². The van der Waals surface area contributed by atoms with Gasteiger partial charge in [-0.3, -0.25) is 4.98 Å². The number of ether oxygens (including phenoxy) is 1. The van der Waals surface area contributed by atoms with Crippen molar-refractivity contribution in [3.05, 3.63) is 53.2 Å². The van der Waals surface area contributed by atoms with Gasteiger partial charge in [-0.15, -0.1) is 11.1 Å². The van der Waals surface area contributed by atoms with Gasteiger partial charge in [-0.1, -0.05) is 35.7 Å². The van der Waals surface area contributed by atoms with Crippen LogP contribution < -0.4 is 5.73 Å². The molecule has 0 saturated heterocycles. The van der Waals surface area contributed by atoms with E-state index in [1.807, 2.05) is 19.1 Å². The largest absolute Gasteiger partial charge is 0.437 e. The average molecular weight is 394 g/mol. The fraction of sp³-hybridized carbons (Fsp3) is 0.100. The van der Waals surface area contributed by atoms with Crippen molar-refractivity contribution in [2.24, 2.45) is 10.7 Å². The van der Waals surface area contributed by atoms with Crippen molar-refractivity contribution in [2.75, 3.05) is 6.61 Å². The van der Waals surface area contributed by atoms with Gasteiger partial charge in [0.15, 0.2) is 12.4 Å². The van der Waals surface area contributed by atoms with Gasteiger partial charge in [0.1, 0.15) is 5.69 Å². The smallest absolute Gasteiger partial charge is 0.435 e. The Labute approximate surface area is 166 Å². The minimum absolute atomic E-state index is 0.196. The lowest BCUT2D eigenvalue weighted by molar-refractivity contribution is 0.159. The maximum atomic E-state index is 12.5. The first-order valence-electron chi connectivity index (χ1n) is 8.23. The number of hydrogen-bond acceptors (Lipinski definition) is 5. The first kappa shape index (κ1) is 19.1. The molecule has 7 nitrogen and oxygen atoms in total. The van der Waals surface area contributed by atoms with Crippen LogP contribution in [0.3, 0.4) is 0 Å². The van der Waals surface area contributed by atoms with Gasteiger partial charge in [0, 0.05) is 10.7 Å². The molecule has 2 heterocycles. The minimum atomic E-state index is -0.771. The van der Waals surface area contributed by atoms with Crippen LogP contribution >= 0.6 is 11.6 Å². The second-order valence-corrected chi connectivity index (χ2v) is 6.10. The van der Waals surface area contributed by atoms with Crippen LogP contribution in [0.25, 0.3) is 22.5 Å². The third-order valence-corrected chi connectivity index (χ3v) is 4.03. The molecule has 3 rings (SSSR count). The molecule has 0 aliphatic heterocycles. The van der Waals surface area contributed by atoms with Gasteiger partial charge in [-0.05, 0) is 36.8 Å². The molecular formula is C20H16ClN5O2. The molecule has 0 aliphatic rings. The summed E-state index contributed by atoms with van der Waals surface area (Å²) in [5, 5.41) is 4.97. The number of halogens is 1. The molecular weight excluding hydrogens is 378 g/mol. The van der Waals surface area contributed by atoms with Crippen molar-refractivity contribution in [2.45, 2.75) is 6.92 Å². The quantitative estimate of drug-likeness (QED) is 0.413. The number of hydrogen-bond donors (Lipinski definition) is 1. The van der Waals surface area contributed by atoms with Crippen molar-refractivity contribution in [3.63, 3.8) is 0 Å². The van der Waals surface area contributed by atoms with Crippen molar-refractivity contribution < 1.29 is 9.53 Å². The van der Waals surface area contributed by atoms with E-state index in [9.17, 15) is 4.79 Å². The highest BCUT2D eigenvalue weighted by atomic mass is 35.5. The molecule has 1 aromatic carbocycles. The molecule has 140 valence electrons. The number of aryl methyl sites for hydroxylation is 1. The van der Waals surface area contributed by atoms with Gasteiger partial charge in [0.2, 0.25) is 0 Å². The number of aromatic nitrogens is 3. The van der Waals surface area contributed by atoms with E-state index >= 15 is 0 Å².